The number of rotatable bonds is 9. The summed E-state index contributed by atoms with van der Waals surface area (Å²) in [5.41, 5.74) is 13.4. The van der Waals surface area contributed by atoms with E-state index in [4.69, 9.17) is 9.72 Å². The summed E-state index contributed by atoms with van der Waals surface area (Å²) in [4.78, 5) is 4.91. The van der Waals surface area contributed by atoms with Crippen molar-refractivity contribution in [1.82, 2.24) is 18.7 Å². The molecular formula is C64H46F2N4O+2. The minimum atomic E-state index is -0.653. The van der Waals surface area contributed by atoms with E-state index in [-0.39, 0.29) is 5.41 Å². The lowest BCUT2D eigenvalue weighted by Gasteiger charge is -2.20. The largest absolute Gasteiger partial charge is 0.503 e. The average molecular weight is 925 g/mol. The van der Waals surface area contributed by atoms with Crippen LogP contribution in [-0.4, -0.2) is 15.6 Å². The Morgan fingerprint density at radius 2 is 1.04 bits per heavy atom. The molecule has 7 heteroatoms. The van der Waals surface area contributed by atoms with Gasteiger partial charge in [0.2, 0.25) is 11.4 Å². The van der Waals surface area contributed by atoms with Gasteiger partial charge >= 0.3 is 6.01 Å². The first-order valence-electron chi connectivity index (χ1n) is 23.7. The Morgan fingerprint density at radius 1 is 0.465 bits per heavy atom. The Kier molecular flexibility index (Phi) is 10.7. The first kappa shape index (κ1) is 43.3. The Balaban J connectivity index is 1.08. The SMILES string of the molecule is CC(C)(C)c1ccnc(-n2c3ccccc3c3ccc(Oc4cc(-c5ccccc5-c5ccccc5)cc([N+]5=C=[N+](c6c(-c7ccccc7)cccc6-c6cc(F)cc(F)c6)c6ccccc65)c4)cc32)c1. The maximum atomic E-state index is 15.1. The maximum absolute atomic E-state index is 15.1. The standard InChI is InChI=1S/C64H46F2N4O/c1-64(2,3)46-31-32-67-62(37-46)70-58-26-13-12-23-56(58)57-30-29-50(40-61(57)70)71-51-36-45(53-22-11-10-21-52(53)42-17-6-4-7-18-42)35-49(39-51)68-41-69(60-28-15-14-27-59(60)68)63-54(43-19-8-5-9-20-43)24-16-25-55(63)44-33-47(65)38-48(66)34-44/h4-40H,1-3H3/q+2. The lowest BCUT2D eigenvalue weighted by molar-refractivity contribution is 0.483. The van der Waals surface area contributed by atoms with Crippen molar-refractivity contribution in [2.75, 3.05) is 0 Å². The van der Waals surface area contributed by atoms with Crippen LogP contribution < -0.4 is 13.9 Å². The molecule has 0 saturated carbocycles. The van der Waals surface area contributed by atoms with Gasteiger partial charge in [0.05, 0.1) is 28.2 Å². The summed E-state index contributed by atoms with van der Waals surface area (Å²) < 4.78 is 43.5. The van der Waals surface area contributed by atoms with Crippen molar-refractivity contribution >= 4 is 50.6 Å². The second kappa shape index (κ2) is 17.5. The number of nitrogens with zero attached hydrogens (tertiary/aromatic N) is 4. The first-order valence-corrected chi connectivity index (χ1v) is 23.7. The van der Waals surface area contributed by atoms with Crippen LogP contribution in [0.3, 0.4) is 0 Å². The maximum Gasteiger partial charge on any atom is 0.503 e. The molecule has 0 bridgehead atoms. The number of ether oxygens (including phenoxy) is 1. The van der Waals surface area contributed by atoms with Gasteiger partial charge in [-0.25, -0.2) is 13.8 Å². The van der Waals surface area contributed by atoms with Gasteiger partial charge in [-0.2, -0.15) is 0 Å². The molecule has 0 amide bonds. The number of benzene rings is 9. The fraction of sp³-hybridized carbons (Fsp3) is 0.0625. The molecule has 0 spiro atoms. The molecule has 11 aromatic rings. The van der Waals surface area contributed by atoms with Gasteiger partial charge in [0.15, 0.2) is 0 Å². The highest BCUT2D eigenvalue weighted by Gasteiger charge is 2.39. The summed E-state index contributed by atoms with van der Waals surface area (Å²) >= 11 is 0. The van der Waals surface area contributed by atoms with Gasteiger partial charge < -0.3 is 4.74 Å². The third-order valence-electron chi connectivity index (χ3n) is 13.3. The molecular weight excluding hydrogens is 879 g/mol. The van der Waals surface area contributed by atoms with Crippen LogP contribution in [0.2, 0.25) is 0 Å². The molecule has 1 aliphatic rings. The zero-order valence-electron chi connectivity index (χ0n) is 39.3. The minimum absolute atomic E-state index is 0.0669. The lowest BCUT2D eigenvalue weighted by atomic mass is 9.88. The van der Waals surface area contributed by atoms with E-state index in [1.807, 2.05) is 100 Å². The highest BCUT2D eigenvalue weighted by molar-refractivity contribution is 6.09. The molecule has 12 rings (SSSR count). The Morgan fingerprint density at radius 3 is 1.76 bits per heavy atom. The Labute approximate surface area is 410 Å². The third kappa shape index (κ3) is 7.98. The van der Waals surface area contributed by atoms with Gasteiger partial charge in [-0.3, -0.25) is 4.57 Å². The van der Waals surface area contributed by atoms with Crippen molar-refractivity contribution in [3.63, 3.8) is 0 Å². The predicted molar refractivity (Wildman–Crippen MR) is 286 cm³/mol. The van der Waals surface area contributed by atoms with Crippen LogP contribution >= 0.6 is 0 Å². The van der Waals surface area contributed by atoms with Crippen molar-refractivity contribution in [3.05, 3.63) is 242 Å². The molecule has 3 heterocycles. The predicted octanol–water partition coefficient (Wildman–Crippen LogP) is 17.1. The number of halogens is 2. The number of para-hydroxylation sites is 4. The summed E-state index contributed by atoms with van der Waals surface area (Å²) in [5.74, 6) is 0.811. The van der Waals surface area contributed by atoms with Crippen molar-refractivity contribution in [2.45, 2.75) is 26.2 Å². The van der Waals surface area contributed by atoms with E-state index in [0.717, 1.165) is 89.8 Å². The number of pyridine rings is 1. The smallest absolute Gasteiger partial charge is 0.457 e. The van der Waals surface area contributed by atoms with E-state index >= 15 is 8.78 Å². The summed E-state index contributed by atoms with van der Waals surface area (Å²) in [6.45, 7) is 6.65. The lowest BCUT2D eigenvalue weighted by Crippen LogP contribution is -2.12. The second-order valence-electron chi connectivity index (χ2n) is 18.9. The topological polar surface area (TPSA) is 33.1 Å². The van der Waals surface area contributed by atoms with Crippen LogP contribution in [0.1, 0.15) is 26.3 Å². The second-order valence-corrected chi connectivity index (χ2v) is 18.9. The molecule has 0 N–H and O–H groups in total. The Hall–Kier alpha value is -9.03. The number of fused-ring (bicyclic) bond motifs is 4. The zero-order chi connectivity index (χ0) is 48.2. The molecule has 0 fully saturated rings. The molecule has 2 aromatic heterocycles. The van der Waals surface area contributed by atoms with Crippen LogP contribution in [0, 0.1) is 11.6 Å². The summed E-state index contributed by atoms with van der Waals surface area (Å²) in [6, 6.07) is 75.6. The molecule has 9 aromatic carbocycles. The summed E-state index contributed by atoms with van der Waals surface area (Å²) in [6.07, 6.45) is 1.89. The van der Waals surface area contributed by atoms with E-state index in [0.29, 0.717) is 22.6 Å². The fourth-order valence-electron chi connectivity index (χ4n) is 9.93. The van der Waals surface area contributed by atoms with E-state index in [2.05, 4.69) is 147 Å². The monoisotopic (exact) mass is 924 g/mol. The molecule has 5 nitrogen and oxygen atoms in total. The van der Waals surface area contributed by atoms with Crippen LogP contribution in [0.5, 0.6) is 11.5 Å². The summed E-state index contributed by atoms with van der Waals surface area (Å²) in [5, 5.41) is 2.22. The molecule has 0 aliphatic carbocycles. The summed E-state index contributed by atoms with van der Waals surface area (Å²) in [7, 11) is 0. The van der Waals surface area contributed by atoms with Crippen molar-refractivity contribution in [3.8, 4) is 61.8 Å². The van der Waals surface area contributed by atoms with Crippen molar-refractivity contribution in [1.29, 1.82) is 0 Å². The molecule has 71 heavy (non-hydrogen) atoms. The number of hydrogen-bond donors (Lipinski definition) is 0. The number of hydrogen-bond acceptors (Lipinski definition) is 2. The van der Waals surface area contributed by atoms with Gasteiger partial charge in [-0.05, 0) is 114 Å². The molecule has 0 saturated heterocycles. The highest BCUT2D eigenvalue weighted by Crippen LogP contribution is 2.46. The van der Waals surface area contributed by atoms with Gasteiger partial charge in [0.25, 0.3) is 11.4 Å². The average Bonchev–Trinajstić information content (AvgIpc) is 3.94. The quantitative estimate of drug-likeness (QED) is 0.135. The van der Waals surface area contributed by atoms with Crippen LogP contribution in [0.15, 0.2) is 225 Å². The molecule has 0 atom stereocenters. The van der Waals surface area contributed by atoms with Crippen molar-refractivity contribution in [2.24, 2.45) is 0 Å². The van der Waals surface area contributed by atoms with Gasteiger partial charge in [0.1, 0.15) is 29.0 Å². The van der Waals surface area contributed by atoms with Gasteiger partial charge in [-0.15, -0.1) is 0 Å². The van der Waals surface area contributed by atoms with Crippen LogP contribution in [-0.2, 0) is 5.41 Å². The molecule has 0 unspecified atom stereocenters. The zero-order valence-corrected chi connectivity index (χ0v) is 39.3. The van der Waals surface area contributed by atoms with E-state index < -0.39 is 11.6 Å². The van der Waals surface area contributed by atoms with Crippen LogP contribution in [0.4, 0.5) is 31.5 Å². The minimum Gasteiger partial charge on any atom is -0.457 e. The normalized spacial score (nSPS) is 12.2. The first-order chi connectivity index (χ1) is 34.6. The molecule has 340 valence electrons. The highest BCUT2D eigenvalue weighted by atomic mass is 19.1. The van der Waals surface area contributed by atoms with Gasteiger partial charge in [-0.1, -0.05) is 142 Å². The Bertz CT molecular complexity index is 3940. The van der Waals surface area contributed by atoms with E-state index in [1.165, 1.54) is 17.7 Å². The third-order valence-corrected chi connectivity index (χ3v) is 13.3. The van der Waals surface area contributed by atoms with E-state index in [1.54, 1.807) is 0 Å². The molecule has 1 aliphatic heterocycles. The van der Waals surface area contributed by atoms with E-state index in [9.17, 15) is 0 Å². The fourth-order valence-corrected chi connectivity index (χ4v) is 9.93. The van der Waals surface area contributed by atoms with Gasteiger partial charge in [0, 0.05) is 47.3 Å². The number of aromatic nitrogens is 2. The van der Waals surface area contributed by atoms with Crippen LogP contribution in [0.25, 0.3) is 72.1 Å². The van der Waals surface area contributed by atoms with Crippen molar-refractivity contribution < 1.29 is 13.5 Å². The molecule has 0 radical (unpaired) electrons.